The van der Waals surface area contributed by atoms with Crippen LogP contribution < -0.4 is 20.7 Å². The number of carbonyl (C=O) groups excluding carboxylic acids is 3. The molecule has 1 aliphatic rings. The lowest BCUT2D eigenvalue weighted by atomic mass is 10.0. The van der Waals surface area contributed by atoms with Crippen molar-refractivity contribution >= 4 is 69.7 Å². The molecule has 14 heteroatoms. The van der Waals surface area contributed by atoms with Gasteiger partial charge in [-0.25, -0.2) is 14.6 Å². The number of imidazole rings is 1. The third-order valence-electron chi connectivity index (χ3n) is 6.32. The van der Waals surface area contributed by atoms with E-state index < -0.39 is 46.0 Å². The van der Waals surface area contributed by atoms with Crippen molar-refractivity contribution in [1.82, 2.24) is 15.3 Å². The van der Waals surface area contributed by atoms with E-state index in [-0.39, 0.29) is 18.8 Å². The molecule has 0 spiro atoms. The van der Waals surface area contributed by atoms with Gasteiger partial charge < -0.3 is 30.2 Å². The molecule has 12 nitrogen and oxygen atoms in total. The average molecular weight is 592 g/mol. The molecule has 1 unspecified atom stereocenters. The van der Waals surface area contributed by atoms with Crippen LogP contribution >= 0.6 is 23.2 Å². The minimum absolute atomic E-state index is 0.129. The lowest BCUT2D eigenvalue weighted by Crippen LogP contribution is -2.49. The molecule has 40 heavy (non-hydrogen) atoms. The zero-order chi connectivity index (χ0) is 29.2. The van der Waals surface area contributed by atoms with Crippen LogP contribution in [0.1, 0.15) is 32.8 Å². The zero-order valence-electron chi connectivity index (χ0n) is 21.7. The summed E-state index contributed by atoms with van der Waals surface area (Å²) in [5, 5.41) is 17.2. The standard InChI is InChI=1S/C26H27Cl2N5O7/c1-25(2,26(3,27)28)40-24(38)32-17(22(36)37)11-13-8-9-18-16(10-13)29-21(35)19(39-18)12-20(34)33-23-30-14-6-4-5-7-15(14)31-23/h4-10,17,19H,11-12H2,1-3H3,(H,29,35)(H,32,38)(H,36,37)(H2,30,31,33,34)/t17-,19?/m0/s1. The summed E-state index contributed by atoms with van der Waals surface area (Å²) >= 11 is 12.1. The Bertz CT molecular complexity index is 1430. The first-order valence-corrected chi connectivity index (χ1v) is 12.9. The van der Waals surface area contributed by atoms with Crippen molar-refractivity contribution in [1.29, 1.82) is 0 Å². The summed E-state index contributed by atoms with van der Waals surface area (Å²) in [7, 11) is 0. The molecule has 212 valence electrons. The van der Waals surface area contributed by atoms with Crippen LogP contribution in [0.5, 0.6) is 5.75 Å². The van der Waals surface area contributed by atoms with Gasteiger partial charge in [0.25, 0.3) is 5.91 Å². The molecular formula is C26H27Cl2N5O7. The van der Waals surface area contributed by atoms with Gasteiger partial charge in [0.1, 0.15) is 17.4 Å². The summed E-state index contributed by atoms with van der Waals surface area (Å²) in [4.78, 5) is 56.6. The molecule has 2 atom stereocenters. The predicted octanol–water partition coefficient (Wildman–Crippen LogP) is 3.99. The summed E-state index contributed by atoms with van der Waals surface area (Å²) in [6.45, 7) is 4.42. The van der Waals surface area contributed by atoms with Crippen LogP contribution in [-0.2, 0) is 25.5 Å². The smallest absolute Gasteiger partial charge is 0.408 e. The highest BCUT2D eigenvalue weighted by Gasteiger charge is 2.42. The number of aromatic nitrogens is 2. The highest BCUT2D eigenvalue weighted by molar-refractivity contribution is 6.49. The number of hydrogen-bond donors (Lipinski definition) is 5. The van der Waals surface area contributed by atoms with Crippen LogP contribution in [0.15, 0.2) is 42.5 Å². The van der Waals surface area contributed by atoms with Crippen molar-refractivity contribution < 1.29 is 33.8 Å². The number of hydrogen-bond acceptors (Lipinski definition) is 7. The van der Waals surface area contributed by atoms with Gasteiger partial charge in [-0.15, -0.1) is 0 Å². The van der Waals surface area contributed by atoms with E-state index in [0.29, 0.717) is 22.5 Å². The SMILES string of the molecule is CC(Cl)(Cl)C(C)(C)OC(=O)N[C@@H](Cc1ccc2c(c1)NC(=O)C(CC(=O)Nc1nc3ccccc3[nH]1)O2)C(=O)O. The number of aromatic amines is 1. The maximum absolute atomic E-state index is 12.7. The topological polar surface area (TPSA) is 172 Å². The first-order valence-electron chi connectivity index (χ1n) is 12.2. The van der Waals surface area contributed by atoms with Crippen molar-refractivity contribution in [2.75, 3.05) is 10.6 Å². The largest absolute Gasteiger partial charge is 0.480 e. The van der Waals surface area contributed by atoms with Gasteiger partial charge in [-0.3, -0.25) is 14.9 Å². The number of H-pyrrole nitrogens is 1. The molecule has 1 aliphatic heterocycles. The molecule has 4 rings (SSSR count). The number of ether oxygens (including phenoxy) is 2. The number of nitrogens with one attached hydrogen (secondary N) is 4. The fraction of sp³-hybridized carbons (Fsp3) is 0.346. The number of nitrogens with zero attached hydrogens (tertiary/aromatic N) is 1. The number of benzene rings is 2. The lowest BCUT2D eigenvalue weighted by molar-refractivity contribution is -0.139. The number of aliphatic carboxylic acids is 1. The molecule has 1 aromatic heterocycles. The summed E-state index contributed by atoms with van der Waals surface area (Å²) in [5.41, 5.74) is 0.906. The van der Waals surface area contributed by atoms with Crippen molar-refractivity contribution in [3.63, 3.8) is 0 Å². The van der Waals surface area contributed by atoms with E-state index in [1.54, 1.807) is 18.2 Å². The van der Waals surface area contributed by atoms with Crippen LogP contribution in [0, 0.1) is 0 Å². The zero-order valence-corrected chi connectivity index (χ0v) is 23.2. The van der Waals surface area contributed by atoms with E-state index in [9.17, 15) is 24.3 Å². The molecule has 2 heterocycles. The fourth-order valence-corrected chi connectivity index (χ4v) is 3.83. The van der Waals surface area contributed by atoms with Crippen molar-refractivity contribution in [2.24, 2.45) is 0 Å². The normalized spacial score (nSPS) is 15.8. The van der Waals surface area contributed by atoms with E-state index in [0.717, 1.165) is 5.52 Å². The number of halogens is 2. The molecule has 3 aromatic rings. The van der Waals surface area contributed by atoms with Gasteiger partial charge in [-0.1, -0.05) is 41.4 Å². The van der Waals surface area contributed by atoms with Gasteiger partial charge in [-0.2, -0.15) is 0 Å². The van der Waals surface area contributed by atoms with E-state index in [2.05, 4.69) is 25.9 Å². The molecule has 0 saturated heterocycles. The average Bonchev–Trinajstić information content (AvgIpc) is 3.25. The Kier molecular flexibility index (Phi) is 8.13. The number of carbonyl (C=O) groups is 4. The van der Waals surface area contributed by atoms with Crippen LogP contribution in [0.3, 0.4) is 0 Å². The fourth-order valence-electron chi connectivity index (χ4n) is 3.75. The molecule has 3 amide bonds. The van der Waals surface area contributed by atoms with Crippen molar-refractivity contribution in [3.8, 4) is 5.75 Å². The third-order valence-corrected chi connectivity index (χ3v) is 7.23. The maximum atomic E-state index is 12.7. The summed E-state index contributed by atoms with van der Waals surface area (Å²) in [6, 6.07) is 10.6. The number of alkyl carbamates (subject to hydrolysis) is 1. The van der Waals surface area contributed by atoms with E-state index in [1.807, 2.05) is 18.2 Å². The Hall–Kier alpha value is -4.03. The first-order chi connectivity index (χ1) is 18.7. The monoisotopic (exact) mass is 591 g/mol. The van der Waals surface area contributed by atoms with Gasteiger partial charge in [-0.05, 0) is 50.6 Å². The van der Waals surface area contributed by atoms with Gasteiger partial charge >= 0.3 is 12.1 Å². The second-order valence-corrected chi connectivity index (χ2v) is 11.5. The van der Waals surface area contributed by atoms with E-state index in [1.165, 1.54) is 26.8 Å². The number of rotatable bonds is 9. The molecule has 5 N–H and O–H groups in total. The molecule has 2 aromatic carbocycles. The quantitative estimate of drug-likeness (QED) is 0.232. The summed E-state index contributed by atoms with van der Waals surface area (Å²) in [5.74, 6) is -1.78. The van der Waals surface area contributed by atoms with Gasteiger partial charge in [0.15, 0.2) is 10.4 Å². The van der Waals surface area contributed by atoms with Crippen LogP contribution in [-0.4, -0.2) is 61.0 Å². The maximum Gasteiger partial charge on any atom is 0.408 e. The summed E-state index contributed by atoms with van der Waals surface area (Å²) < 4.78 is 9.54. The van der Waals surface area contributed by atoms with Crippen molar-refractivity contribution in [3.05, 3.63) is 48.0 Å². The molecule has 0 fully saturated rings. The Morgan fingerprint density at radius 3 is 2.58 bits per heavy atom. The van der Waals surface area contributed by atoms with E-state index >= 15 is 0 Å². The number of carboxylic acids is 1. The number of para-hydroxylation sites is 2. The highest BCUT2D eigenvalue weighted by Crippen LogP contribution is 2.36. The highest BCUT2D eigenvalue weighted by atomic mass is 35.5. The van der Waals surface area contributed by atoms with Crippen LogP contribution in [0.25, 0.3) is 11.0 Å². The number of fused-ring (bicyclic) bond motifs is 2. The Balaban J connectivity index is 1.37. The molecule has 0 bridgehead atoms. The second kappa shape index (κ2) is 11.2. The van der Waals surface area contributed by atoms with Crippen LogP contribution in [0.2, 0.25) is 0 Å². The lowest BCUT2D eigenvalue weighted by Gasteiger charge is -2.34. The molecular weight excluding hydrogens is 565 g/mol. The number of carboxylic acid groups (broad SMARTS) is 1. The second-order valence-electron chi connectivity index (χ2n) is 9.81. The molecule has 0 saturated carbocycles. The Morgan fingerprint density at radius 2 is 1.90 bits per heavy atom. The third kappa shape index (κ3) is 6.75. The number of amides is 3. The number of anilines is 2. The molecule has 0 radical (unpaired) electrons. The Morgan fingerprint density at radius 1 is 1.18 bits per heavy atom. The van der Waals surface area contributed by atoms with Crippen LogP contribution in [0.4, 0.5) is 16.4 Å². The van der Waals surface area contributed by atoms with Gasteiger partial charge in [0.2, 0.25) is 11.9 Å². The Labute approximate surface area is 238 Å². The minimum Gasteiger partial charge on any atom is -0.480 e. The predicted molar refractivity (Wildman–Crippen MR) is 148 cm³/mol. The van der Waals surface area contributed by atoms with Gasteiger partial charge in [0, 0.05) is 6.42 Å². The summed E-state index contributed by atoms with van der Waals surface area (Å²) in [6.07, 6.45) is -2.50. The van der Waals surface area contributed by atoms with Gasteiger partial charge in [0.05, 0.1) is 23.1 Å². The minimum atomic E-state index is -1.42. The van der Waals surface area contributed by atoms with E-state index in [4.69, 9.17) is 32.7 Å². The first kappa shape index (κ1) is 29.0. The molecule has 0 aliphatic carbocycles. The number of alkyl halides is 2. The van der Waals surface area contributed by atoms with Crippen molar-refractivity contribution in [2.45, 2.75) is 55.7 Å².